The molecular weight excluding hydrogens is 232 g/mol. The molecule has 1 heterocycles. The quantitative estimate of drug-likeness (QED) is 0.689. The summed E-state index contributed by atoms with van der Waals surface area (Å²) >= 11 is 0. The molecule has 0 aromatic heterocycles. The highest BCUT2D eigenvalue weighted by Crippen LogP contribution is 2.32. The maximum atomic E-state index is 11.2. The van der Waals surface area contributed by atoms with Gasteiger partial charge in [-0.3, -0.25) is 0 Å². The van der Waals surface area contributed by atoms with E-state index in [1.807, 2.05) is 4.90 Å². The van der Waals surface area contributed by atoms with Crippen molar-refractivity contribution in [2.45, 2.75) is 25.4 Å². The van der Waals surface area contributed by atoms with E-state index < -0.39 is 11.6 Å². The molecule has 0 saturated carbocycles. The highest BCUT2D eigenvalue weighted by Gasteiger charge is 2.31. The largest absolute Gasteiger partial charge is 0.478 e. The number of carbonyl (C=O) groups is 1. The zero-order chi connectivity index (χ0) is 13.3. The van der Waals surface area contributed by atoms with Gasteiger partial charge in [0.15, 0.2) is 0 Å². The minimum absolute atomic E-state index is 0.188. The molecule has 1 unspecified atom stereocenters. The monoisotopic (exact) mass is 250 g/mol. The Hall–Kier alpha value is -1.75. The lowest BCUT2D eigenvalue weighted by molar-refractivity contribution is 0.0446. The number of rotatable bonds is 2. The zero-order valence-electron chi connectivity index (χ0n) is 10.4. The van der Waals surface area contributed by atoms with E-state index in [0.717, 1.165) is 12.8 Å². The summed E-state index contributed by atoms with van der Waals surface area (Å²) in [6.45, 7) is 2.88. The number of nitrogens with zero attached hydrogens (tertiary/aromatic N) is 1. The van der Waals surface area contributed by atoms with Gasteiger partial charge in [-0.25, -0.2) is 4.79 Å². The summed E-state index contributed by atoms with van der Waals surface area (Å²) in [6, 6.07) is 4.85. The van der Waals surface area contributed by atoms with Crippen LogP contribution in [-0.4, -0.2) is 34.9 Å². The number of aliphatic hydroxyl groups is 1. The molecule has 1 aromatic carbocycles. The molecule has 2 rings (SSSR count). The molecule has 0 amide bonds. The van der Waals surface area contributed by atoms with Gasteiger partial charge in [-0.1, -0.05) is 6.07 Å². The van der Waals surface area contributed by atoms with Crippen LogP contribution in [0, 0.1) is 0 Å². The number of benzene rings is 1. The first kappa shape index (κ1) is 12.7. The predicted molar refractivity (Wildman–Crippen MR) is 69.9 cm³/mol. The molecule has 0 aliphatic carbocycles. The highest BCUT2D eigenvalue weighted by molar-refractivity contribution is 5.98. The Morgan fingerprint density at radius 1 is 1.50 bits per heavy atom. The van der Waals surface area contributed by atoms with Crippen LogP contribution in [0.15, 0.2) is 18.2 Å². The number of nitrogen functional groups attached to an aromatic ring is 1. The Morgan fingerprint density at radius 2 is 2.22 bits per heavy atom. The van der Waals surface area contributed by atoms with Crippen molar-refractivity contribution in [1.29, 1.82) is 0 Å². The first-order chi connectivity index (χ1) is 8.41. The lowest BCUT2D eigenvalue weighted by atomic mass is 9.94. The van der Waals surface area contributed by atoms with E-state index in [1.165, 1.54) is 6.07 Å². The minimum Gasteiger partial charge on any atom is -0.478 e. The SMILES string of the molecule is CC1(O)CCCN(c2c(N)cccc2C(=O)O)C1. The zero-order valence-corrected chi connectivity index (χ0v) is 10.4. The van der Waals surface area contributed by atoms with Crippen molar-refractivity contribution in [2.75, 3.05) is 23.7 Å². The van der Waals surface area contributed by atoms with Gasteiger partial charge in [-0.2, -0.15) is 0 Å². The van der Waals surface area contributed by atoms with Gasteiger partial charge in [0, 0.05) is 13.1 Å². The lowest BCUT2D eigenvalue weighted by Crippen LogP contribution is -2.46. The first-order valence-corrected chi connectivity index (χ1v) is 6.00. The van der Waals surface area contributed by atoms with Crippen LogP contribution in [0.3, 0.4) is 0 Å². The van der Waals surface area contributed by atoms with E-state index in [4.69, 9.17) is 5.73 Å². The molecule has 4 N–H and O–H groups in total. The summed E-state index contributed by atoms with van der Waals surface area (Å²) in [7, 11) is 0. The molecule has 1 aliphatic heterocycles. The van der Waals surface area contributed by atoms with Gasteiger partial charge in [0.05, 0.1) is 22.5 Å². The Balaban J connectivity index is 2.41. The van der Waals surface area contributed by atoms with Gasteiger partial charge in [-0.15, -0.1) is 0 Å². The van der Waals surface area contributed by atoms with Crippen LogP contribution in [-0.2, 0) is 0 Å². The van der Waals surface area contributed by atoms with Crippen LogP contribution >= 0.6 is 0 Å². The molecule has 0 radical (unpaired) electrons. The minimum atomic E-state index is -0.998. The summed E-state index contributed by atoms with van der Waals surface area (Å²) in [6.07, 6.45) is 1.54. The molecule has 0 bridgehead atoms. The van der Waals surface area contributed by atoms with E-state index in [9.17, 15) is 15.0 Å². The van der Waals surface area contributed by atoms with Crippen molar-refractivity contribution in [1.82, 2.24) is 0 Å². The number of nitrogens with two attached hydrogens (primary N) is 1. The fraction of sp³-hybridized carbons (Fsp3) is 0.462. The topological polar surface area (TPSA) is 86.8 Å². The van der Waals surface area contributed by atoms with Crippen molar-refractivity contribution in [3.05, 3.63) is 23.8 Å². The van der Waals surface area contributed by atoms with E-state index in [-0.39, 0.29) is 5.56 Å². The second-order valence-electron chi connectivity index (χ2n) is 5.07. The molecule has 1 aromatic rings. The van der Waals surface area contributed by atoms with E-state index in [2.05, 4.69) is 0 Å². The summed E-state index contributed by atoms with van der Waals surface area (Å²) in [5.74, 6) is -0.998. The smallest absolute Gasteiger partial charge is 0.337 e. The fourth-order valence-electron chi connectivity index (χ4n) is 2.50. The van der Waals surface area contributed by atoms with Gasteiger partial charge in [-0.05, 0) is 31.9 Å². The van der Waals surface area contributed by atoms with Gasteiger partial charge < -0.3 is 20.8 Å². The summed E-state index contributed by atoms with van der Waals surface area (Å²) in [4.78, 5) is 13.1. The molecule has 1 aliphatic rings. The molecule has 1 fully saturated rings. The molecule has 18 heavy (non-hydrogen) atoms. The third kappa shape index (κ3) is 2.41. The molecule has 1 saturated heterocycles. The maximum Gasteiger partial charge on any atom is 0.337 e. The molecule has 1 atom stereocenters. The third-order valence-corrected chi connectivity index (χ3v) is 3.29. The number of carboxylic acid groups (broad SMARTS) is 1. The molecule has 98 valence electrons. The maximum absolute atomic E-state index is 11.2. The van der Waals surface area contributed by atoms with E-state index >= 15 is 0 Å². The van der Waals surface area contributed by atoms with Gasteiger partial charge in [0.1, 0.15) is 0 Å². The number of carboxylic acids is 1. The molecule has 5 heteroatoms. The number of hydrogen-bond acceptors (Lipinski definition) is 4. The van der Waals surface area contributed by atoms with Crippen molar-refractivity contribution < 1.29 is 15.0 Å². The van der Waals surface area contributed by atoms with Crippen LogP contribution in [0.5, 0.6) is 0 Å². The van der Waals surface area contributed by atoms with Crippen molar-refractivity contribution in [2.24, 2.45) is 0 Å². The Morgan fingerprint density at radius 3 is 2.83 bits per heavy atom. The summed E-state index contributed by atoms with van der Waals surface area (Å²) in [5, 5.41) is 19.3. The van der Waals surface area contributed by atoms with Crippen LogP contribution in [0.2, 0.25) is 0 Å². The predicted octanol–water partition coefficient (Wildman–Crippen LogP) is 1.32. The van der Waals surface area contributed by atoms with E-state index in [0.29, 0.717) is 24.5 Å². The van der Waals surface area contributed by atoms with Crippen molar-refractivity contribution in [3.63, 3.8) is 0 Å². The Kier molecular flexibility index (Phi) is 3.17. The number of anilines is 2. The van der Waals surface area contributed by atoms with Gasteiger partial charge >= 0.3 is 5.97 Å². The second kappa shape index (κ2) is 4.49. The van der Waals surface area contributed by atoms with Crippen LogP contribution in [0.25, 0.3) is 0 Å². The fourth-order valence-corrected chi connectivity index (χ4v) is 2.50. The van der Waals surface area contributed by atoms with E-state index in [1.54, 1.807) is 19.1 Å². The van der Waals surface area contributed by atoms with Crippen molar-refractivity contribution in [3.8, 4) is 0 Å². The average molecular weight is 250 g/mol. The number of aromatic carboxylic acids is 1. The normalized spacial score (nSPS) is 24.0. The third-order valence-electron chi connectivity index (χ3n) is 3.29. The van der Waals surface area contributed by atoms with Crippen LogP contribution in [0.1, 0.15) is 30.1 Å². The Bertz CT molecular complexity index is 471. The average Bonchev–Trinajstić information content (AvgIpc) is 2.27. The molecular formula is C13H18N2O3. The van der Waals surface area contributed by atoms with Crippen LogP contribution in [0.4, 0.5) is 11.4 Å². The van der Waals surface area contributed by atoms with Gasteiger partial charge in [0.25, 0.3) is 0 Å². The van der Waals surface area contributed by atoms with Crippen molar-refractivity contribution >= 4 is 17.3 Å². The molecule has 0 spiro atoms. The highest BCUT2D eigenvalue weighted by atomic mass is 16.4. The Labute approximate surface area is 106 Å². The molecule has 5 nitrogen and oxygen atoms in total. The van der Waals surface area contributed by atoms with Crippen LogP contribution < -0.4 is 10.6 Å². The second-order valence-corrected chi connectivity index (χ2v) is 5.07. The lowest BCUT2D eigenvalue weighted by Gasteiger charge is -2.39. The number of piperidine rings is 1. The first-order valence-electron chi connectivity index (χ1n) is 6.00. The summed E-state index contributed by atoms with van der Waals surface area (Å²) < 4.78 is 0. The standard InChI is InChI=1S/C13H18N2O3/c1-13(18)6-3-7-15(8-13)11-9(12(16)17)4-2-5-10(11)14/h2,4-5,18H,3,6-8,14H2,1H3,(H,16,17). The summed E-state index contributed by atoms with van der Waals surface area (Å²) in [5.41, 5.74) is 6.24. The number of hydrogen-bond donors (Lipinski definition) is 3. The number of β-amino-alcohol motifs (C(OH)–C–C–N with tert-alkyl or cyclic N) is 1. The number of para-hydroxylation sites is 1. The van der Waals surface area contributed by atoms with Gasteiger partial charge in [0.2, 0.25) is 0 Å².